The maximum absolute atomic E-state index is 10.4. The Morgan fingerprint density at radius 2 is 2.27 bits per heavy atom. The summed E-state index contributed by atoms with van der Waals surface area (Å²) in [6, 6.07) is 7.37. The molecule has 0 fully saturated rings. The van der Waals surface area contributed by atoms with E-state index in [-0.39, 0.29) is 0 Å². The molecule has 0 aromatic heterocycles. The zero-order valence-corrected chi connectivity index (χ0v) is 7.34. The molecule has 0 saturated carbocycles. The fraction of sp³-hybridized carbons (Fsp3) is 0. The highest BCUT2D eigenvalue weighted by Crippen LogP contribution is 2.12. The predicted molar refractivity (Wildman–Crippen MR) is 46.7 cm³/mol. The van der Waals surface area contributed by atoms with Crippen molar-refractivity contribution in [3.63, 3.8) is 0 Å². The molecule has 0 saturated heterocycles. The highest BCUT2D eigenvalue weighted by Gasteiger charge is 1.97. The number of benzene rings is 1. The van der Waals surface area contributed by atoms with Crippen LogP contribution in [0.15, 0.2) is 28.7 Å². The minimum atomic E-state index is -0.428. The van der Waals surface area contributed by atoms with E-state index in [9.17, 15) is 4.79 Å². The highest BCUT2D eigenvalue weighted by atomic mass is 79.9. The van der Waals surface area contributed by atoms with Crippen LogP contribution in [0.5, 0.6) is 0 Å². The number of hydrogen-bond donors (Lipinski definition) is 1. The summed E-state index contributed by atoms with van der Waals surface area (Å²) in [4.78, 5) is 10.4. The molecule has 1 aromatic carbocycles. The number of primary amides is 1. The van der Waals surface area contributed by atoms with Gasteiger partial charge in [0.25, 0.3) is 0 Å². The number of carbonyl (C=O) groups excluding carboxylic acids is 1. The zero-order valence-electron chi connectivity index (χ0n) is 5.75. The number of hydrogen-bond acceptors (Lipinski definition) is 1. The Morgan fingerprint density at radius 1 is 1.55 bits per heavy atom. The molecule has 0 aliphatic carbocycles. The molecule has 0 atom stereocenters. The molecule has 2 N–H and O–H groups in total. The first-order valence-corrected chi connectivity index (χ1v) is 3.87. The molecule has 0 unspecified atom stereocenters. The number of halogens is 1. The largest absolute Gasteiger partial charge is 0.369 e. The molecule has 1 rings (SSSR count). The summed E-state index contributed by atoms with van der Waals surface area (Å²) in [5.74, 6) is -0.428. The predicted octanol–water partition coefficient (Wildman–Crippen LogP) is 1.49. The molecule has 1 aromatic rings. The van der Waals surface area contributed by atoms with Crippen molar-refractivity contribution < 1.29 is 4.79 Å². The zero-order chi connectivity index (χ0) is 8.27. The number of carbonyl (C=O) groups is 1. The summed E-state index contributed by atoms with van der Waals surface area (Å²) < 4.78 is 0.938. The molecule has 0 bridgehead atoms. The maximum atomic E-state index is 10.4. The summed E-state index contributed by atoms with van der Waals surface area (Å²) in [5.41, 5.74) is 5.78. The van der Waals surface area contributed by atoms with E-state index in [2.05, 4.69) is 15.9 Å². The van der Waals surface area contributed by atoms with Gasteiger partial charge in [0, 0.05) is 4.47 Å². The Labute approximate surface area is 73.5 Å². The normalized spacial score (nSPS) is 9.55. The summed E-state index contributed by atoms with van der Waals surface area (Å²) in [7, 11) is 0. The summed E-state index contributed by atoms with van der Waals surface area (Å²) in [5, 5.41) is 0. The van der Waals surface area contributed by atoms with Crippen molar-refractivity contribution in [1.29, 1.82) is 0 Å². The van der Waals surface area contributed by atoms with Gasteiger partial charge in [-0.1, -0.05) is 28.1 Å². The second-order valence-corrected chi connectivity index (χ2v) is 3.02. The van der Waals surface area contributed by atoms with Crippen LogP contribution in [-0.2, 0) is 4.79 Å². The van der Waals surface area contributed by atoms with E-state index in [4.69, 9.17) is 5.73 Å². The quantitative estimate of drug-likeness (QED) is 0.794. The molecule has 0 spiro atoms. The van der Waals surface area contributed by atoms with Crippen molar-refractivity contribution in [1.82, 2.24) is 0 Å². The third kappa shape index (κ3) is 2.72. The fourth-order valence-electron chi connectivity index (χ4n) is 0.761. The number of amides is 1. The standard InChI is InChI=1S/C8H7BrNO/c9-7-3-1-2-6(4-7)5-8(10)11/h1-5H,(H2,10,11). The Hall–Kier alpha value is -0.830. The second-order valence-electron chi connectivity index (χ2n) is 2.10. The maximum Gasteiger partial charge on any atom is 0.226 e. The lowest BCUT2D eigenvalue weighted by molar-refractivity contribution is -0.114. The van der Waals surface area contributed by atoms with Crippen LogP contribution in [0.4, 0.5) is 0 Å². The number of nitrogens with two attached hydrogens (primary N) is 1. The minimum absolute atomic E-state index is 0.428. The van der Waals surface area contributed by atoms with Gasteiger partial charge in [-0.3, -0.25) is 4.79 Å². The van der Waals surface area contributed by atoms with Crippen molar-refractivity contribution >= 4 is 21.8 Å². The molecular weight excluding hydrogens is 206 g/mol. The van der Waals surface area contributed by atoms with Gasteiger partial charge in [-0.05, 0) is 17.7 Å². The third-order valence-electron chi connectivity index (χ3n) is 1.16. The van der Waals surface area contributed by atoms with Crippen LogP contribution in [-0.4, -0.2) is 5.91 Å². The molecule has 0 aliphatic heterocycles. The average Bonchev–Trinajstić information content (AvgIpc) is 1.85. The lowest BCUT2D eigenvalue weighted by Crippen LogP contribution is -2.11. The summed E-state index contributed by atoms with van der Waals surface area (Å²) >= 11 is 3.28. The van der Waals surface area contributed by atoms with E-state index in [1.165, 1.54) is 6.42 Å². The van der Waals surface area contributed by atoms with Gasteiger partial charge in [-0.15, -0.1) is 0 Å². The average molecular weight is 213 g/mol. The van der Waals surface area contributed by atoms with E-state index >= 15 is 0 Å². The van der Waals surface area contributed by atoms with Gasteiger partial charge in [-0.25, -0.2) is 0 Å². The molecule has 57 valence electrons. The van der Waals surface area contributed by atoms with Gasteiger partial charge >= 0.3 is 0 Å². The van der Waals surface area contributed by atoms with E-state index in [1.807, 2.05) is 24.3 Å². The van der Waals surface area contributed by atoms with Crippen LogP contribution in [0, 0.1) is 6.42 Å². The van der Waals surface area contributed by atoms with Gasteiger partial charge in [0.2, 0.25) is 5.91 Å². The first-order valence-electron chi connectivity index (χ1n) is 3.08. The molecule has 0 heterocycles. The first-order chi connectivity index (χ1) is 5.18. The van der Waals surface area contributed by atoms with Crippen LogP contribution in [0.1, 0.15) is 5.56 Å². The molecular formula is C8H7BrNO. The van der Waals surface area contributed by atoms with Crippen molar-refractivity contribution in [2.75, 3.05) is 0 Å². The van der Waals surface area contributed by atoms with Gasteiger partial charge in [0.05, 0.1) is 6.42 Å². The fourth-order valence-corrected chi connectivity index (χ4v) is 1.18. The lowest BCUT2D eigenvalue weighted by Gasteiger charge is -1.96. The van der Waals surface area contributed by atoms with Crippen molar-refractivity contribution in [3.8, 4) is 0 Å². The minimum Gasteiger partial charge on any atom is -0.369 e. The molecule has 1 radical (unpaired) electrons. The third-order valence-corrected chi connectivity index (χ3v) is 1.65. The summed E-state index contributed by atoms with van der Waals surface area (Å²) in [6.07, 6.45) is 1.38. The second kappa shape index (κ2) is 3.53. The van der Waals surface area contributed by atoms with Gasteiger partial charge in [-0.2, -0.15) is 0 Å². The molecule has 3 heteroatoms. The smallest absolute Gasteiger partial charge is 0.226 e. The van der Waals surface area contributed by atoms with Crippen LogP contribution < -0.4 is 5.73 Å². The Kier molecular flexibility index (Phi) is 2.65. The van der Waals surface area contributed by atoms with E-state index < -0.39 is 5.91 Å². The van der Waals surface area contributed by atoms with Gasteiger partial charge in [0.15, 0.2) is 0 Å². The molecule has 2 nitrogen and oxygen atoms in total. The lowest BCUT2D eigenvalue weighted by atomic mass is 10.1. The van der Waals surface area contributed by atoms with Crippen molar-refractivity contribution in [2.45, 2.75) is 0 Å². The number of rotatable bonds is 2. The van der Waals surface area contributed by atoms with Crippen LogP contribution in [0.3, 0.4) is 0 Å². The molecule has 0 aliphatic rings. The van der Waals surface area contributed by atoms with Crippen LogP contribution >= 0.6 is 15.9 Å². The van der Waals surface area contributed by atoms with E-state index in [1.54, 1.807) is 0 Å². The SMILES string of the molecule is NC(=O)[CH]c1cccc(Br)c1. The van der Waals surface area contributed by atoms with Crippen LogP contribution in [0.25, 0.3) is 0 Å². The van der Waals surface area contributed by atoms with Crippen molar-refractivity contribution in [3.05, 3.63) is 40.7 Å². The Bertz CT molecular complexity index is 273. The van der Waals surface area contributed by atoms with E-state index in [0.29, 0.717) is 0 Å². The van der Waals surface area contributed by atoms with Crippen molar-refractivity contribution in [2.24, 2.45) is 5.73 Å². The molecule has 1 amide bonds. The van der Waals surface area contributed by atoms with Gasteiger partial charge < -0.3 is 5.73 Å². The first kappa shape index (κ1) is 8.27. The monoisotopic (exact) mass is 212 g/mol. The highest BCUT2D eigenvalue weighted by molar-refractivity contribution is 9.10. The van der Waals surface area contributed by atoms with Gasteiger partial charge in [0.1, 0.15) is 0 Å². The topological polar surface area (TPSA) is 43.1 Å². The Balaban J connectivity index is 2.79. The Morgan fingerprint density at radius 3 is 2.82 bits per heavy atom. The summed E-state index contributed by atoms with van der Waals surface area (Å²) in [6.45, 7) is 0. The van der Waals surface area contributed by atoms with Crippen LogP contribution in [0.2, 0.25) is 0 Å². The van der Waals surface area contributed by atoms with E-state index in [0.717, 1.165) is 10.0 Å². The molecule has 11 heavy (non-hydrogen) atoms.